The number of phosphoric acid groups is 1. The molecule has 0 amide bonds. The summed E-state index contributed by atoms with van der Waals surface area (Å²) in [7, 11) is -4.64. The van der Waals surface area contributed by atoms with Crippen LogP contribution < -0.4 is 98.5 Å². The first-order valence-electron chi connectivity index (χ1n) is 0.783. The minimum atomic E-state index is -4.64. The van der Waals surface area contributed by atoms with Gasteiger partial charge in [0.2, 0.25) is 0 Å². The van der Waals surface area contributed by atoms with Crippen LogP contribution in [0.4, 0.5) is 0 Å². The zero-order valence-corrected chi connectivity index (χ0v) is 13.4. The van der Waals surface area contributed by atoms with E-state index in [1.165, 1.54) is 0 Å². The van der Waals surface area contributed by atoms with Gasteiger partial charge in [-0.25, -0.2) is 4.57 Å². The molecule has 3 N–H and O–H groups in total. The van der Waals surface area contributed by atoms with Gasteiger partial charge in [0.1, 0.15) is 0 Å². The second-order valence-corrected chi connectivity index (χ2v) is 1.54. The van der Waals surface area contributed by atoms with Crippen LogP contribution in [0.25, 0.3) is 0 Å². The molecule has 0 heterocycles. The third-order valence-corrected chi connectivity index (χ3v) is 0. The maximum absolute atomic E-state index is 8.88. The molecule has 0 unspecified atom stereocenters. The molecule has 0 radical (unpaired) electrons. The third-order valence-electron chi connectivity index (χ3n) is 0. The van der Waals surface area contributed by atoms with Crippen molar-refractivity contribution in [2.45, 2.75) is 0 Å². The summed E-state index contributed by atoms with van der Waals surface area (Å²) >= 11 is 0. The smallest absolute Gasteiger partial charge is 1.00 e. The van der Waals surface area contributed by atoms with Crippen LogP contribution in [0.1, 0.15) is 2.85 Å². The van der Waals surface area contributed by atoms with Crippen molar-refractivity contribution in [1.29, 1.82) is 0 Å². The summed E-state index contributed by atoms with van der Waals surface area (Å²) in [6.07, 6.45) is 0. The Morgan fingerprint density at radius 3 is 1.29 bits per heavy atom. The van der Waals surface area contributed by atoms with Crippen LogP contribution in [0.3, 0.4) is 0 Å². The molecule has 0 rings (SSSR count). The average molecular weight is 256 g/mol. The maximum atomic E-state index is 8.88. The molecule has 0 aromatic heterocycles. The third kappa shape index (κ3) is 47.0. The van der Waals surface area contributed by atoms with E-state index in [1.807, 2.05) is 0 Å². The average Bonchev–Trinajstić information content (AvgIpc) is 0.722. The van der Waals surface area contributed by atoms with Crippen molar-refractivity contribution in [3.63, 3.8) is 0 Å². The number of hydrogen-bond donors (Lipinski definition) is 3. The van der Waals surface area contributed by atoms with E-state index in [-0.39, 0.29) is 101 Å². The van der Waals surface area contributed by atoms with Gasteiger partial charge in [-0.3, -0.25) is 0 Å². The van der Waals surface area contributed by atoms with E-state index >= 15 is 0 Å². The first-order valence-corrected chi connectivity index (χ1v) is 2.35. The number of rotatable bonds is 0. The van der Waals surface area contributed by atoms with Gasteiger partial charge in [-0.05, 0) is 0 Å². The van der Waals surface area contributed by atoms with Crippen molar-refractivity contribution in [2.75, 3.05) is 0 Å². The van der Waals surface area contributed by atoms with Crippen molar-refractivity contribution < 1.29 is 121 Å². The van der Waals surface area contributed by atoms with Crippen LogP contribution >= 0.6 is 7.82 Å². The van der Waals surface area contributed by atoms with Crippen LogP contribution in [0.2, 0.25) is 0 Å². The zero-order chi connectivity index (χ0) is 4.50. The van der Waals surface area contributed by atoms with Gasteiger partial charge in [0, 0.05) is 0 Å². The molecule has 0 fully saturated rings. The fraction of sp³-hybridized carbons (Fsp3) is 0. The Morgan fingerprint density at radius 1 is 1.29 bits per heavy atom. The molecule has 0 atom stereocenters. The molecule has 0 spiro atoms. The van der Waals surface area contributed by atoms with Crippen molar-refractivity contribution in [3.05, 3.63) is 0 Å². The molecule has 4 nitrogen and oxygen atoms in total. The Bertz CT molecular complexity index is 64.7. The van der Waals surface area contributed by atoms with Crippen LogP contribution in [0.15, 0.2) is 0 Å². The Hall–Kier alpha value is 3.16. The zero-order valence-electron chi connectivity index (χ0n) is 6.20. The molecule has 0 aliphatic rings. The van der Waals surface area contributed by atoms with Gasteiger partial charge < -0.3 is 17.5 Å². The van der Waals surface area contributed by atoms with Crippen LogP contribution in [-0.2, 0) is 4.57 Å². The predicted molar refractivity (Wildman–Crippen MR) is 16.5 cm³/mol. The van der Waals surface area contributed by atoms with Crippen LogP contribution in [0.5, 0.6) is 0 Å². The van der Waals surface area contributed by atoms with Gasteiger partial charge in [0.25, 0.3) is 0 Å². The summed E-state index contributed by atoms with van der Waals surface area (Å²) in [5.41, 5.74) is 0. The summed E-state index contributed by atoms with van der Waals surface area (Å²) in [5, 5.41) is 0. The van der Waals surface area contributed by atoms with Gasteiger partial charge in [-0.15, -0.1) is 0 Å². The summed E-state index contributed by atoms with van der Waals surface area (Å²) in [5.74, 6) is 0. The van der Waals surface area contributed by atoms with Gasteiger partial charge >= 0.3 is 106 Å². The van der Waals surface area contributed by atoms with Crippen LogP contribution in [-0.4, -0.2) is 14.7 Å². The predicted octanol–water partition coefficient (Wildman–Crippen LogP) is -6.70. The maximum Gasteiger partial charge on any atom is 1.00 e. The molecule has 0 aromatic carbocycles. The fourth-order valence-corrected chi connectivity index (χ4v) is 0. The molecule has 0 bridgehead atoms. The SMILES string of the molecule is O=P(O)(O)O.[Cs+].[H-].[H-].[Na+]. The van der Waals surface area contributed by atoms with Gasteiger partial charge in [-0.2, -0.15) is 0 Å². The van der Waals surface area contributed by atoms with Gasteiger partial charge in [0.15, 0.2) is 0 Å². The van der Waals surface area contributed by atoms with E-state index in [0.717, 1.165) is 0 Å². The van der Waals surface area contributed by atoms with Crippen molar-refractivity contribution >= 4 is 7.82 Å². The second kappa shape index (κ2) is 7.27. The van der Waals surface area contributed by atoms with E-state index in [2.05, 4.69) is 0 Å². The normalized spacial score (nSPS) is 8.43. The van der Waals surface area contributed by atoms with E-state index in [1.54, 1.807) is 0 Å². The van der Waals surface area contributed by atoms with Gasteiger partial charge in [-0.1, -0.05) is 0 Å². The summed E-state index contributed by atoms with van der Waals surface area (Å²) in [4.78, 5) is 21.6. The van der Waals surface area contributed by atoms with E-state index in [4.69, 9.17) is 19.2 Å². The molecule has 0 aromatic rings. The molecule has 0 aliphatic heterocycles. The van der Waals surface area contributed by atoms with E-state index in [9.17, 15) is 0 Å². The monoisotopic (exact) mass is 256 g/mol. The molecular weight excluding hydrogens is 251 g/mol. The summed E-state index contributed by atoms with van der Waals surface area (Å²) in [6.45, 7) is 0. The minimum Gasteiger partial charge on any atom is -1.00 e. The molecule has 36 valence electrons. The fourth-order valence-electron chi connectivity index (χ4n) is 0. The first-order chi connectivity index (χ1) is 2.00. The minimum absolute atomic E-state index is 0. The molecular formula is H5CsNaO4P. The van der Waals surface area contributed by atoms with Crippen molar-refractivity contribution in [2.24, 2.45) is 0 Å². The van der Waals surface area contributed by atoms with Crippen molar-refractivity contribution in [1.82, 2.24) is 0 Å². The van der Waals surface area contributed by atoms with Crippen LogP contribution in [0, 0.1) is 0 Å². The molecule has 7 heteroatoms. The largest absolute Gasteiger partial charge is 1.00 e. The topological polar surface area (TPSA) is 77.8 Å². The molecule has 0 saturated carbocycles. The summed E-state index contributed by atoms with van der Waals surface area (Å²) in [6, 6.07) is 0. The quantitative estimate of drug-likeness (QED) is 0.297. The Balaban J connectivity index is -0.0000000133. The Morgan fingerprint density at radius 2 is 1.29 bits per heavy atom. The van der Waals surface area contributed by atoms with Crippen molar-refractivity contribution in [3.8, 4) is 0 Å². The molecule has 7 heavy (non-hydrogen) atoms. The molecule has 0 aliphatic carbocycles. The first kappa shape index (κ1) is 16.6. The summed E-state index contributed by atoms with van der Waals surface area (Å²) < 4.78 is 8.88. The number of hydrogen-bond acceptors (Lipinski definition) is 1. The van der Waals surface area contributed by atoms with E-state index < -0.39 is 7.82 Å². The Kier molecular flexibility index (Phi) is 17.3. The standard InChI is InChI=1S/Cs.Na.H3O4P.2H/c;;1-5(2,3)4;;/h;;(H3,1,2,3,4);;/q2*+1;;2*-1. The molecule has 0 saturated heterocycles. The van der Waals surface area contributed by atoms with E-state index in [0.29, 0.717) is 0 Å². The Labute approximate surface area is 125 Å². The van der Waals surface area contributed by atoms with Gasteiger partial charge in [0.05, 0.1) is 0 Å². The second-order valence-electron chi connectivity index (χ2n) is 0.513.